The quantitative estimate of drug-likeness (QED) is 0.300. The molecule has 2 aliphatic carbocycles. The van der Waals surface area contributed by atoms with Crippen molar-refractivity contribution in [3.8, 4) is 11.5 Å². The number of hydrogen-bond donors (Lipinski definition) is 0. The van der Waals surface area contributed by atoms with E-state index in [4.69, 9.17) is 21.1 Å². The summed E-state index contributed by atoms with van der Waals surface area (Å²) in [6, 6.07) is 22.6. The second-order valence-corrected chi connectivity index (χ2v) is 11.7. The second-order valence-electron chi connectivity index (χ2n) is 11.2. The van der Waals surface area contributed by atoms with E-state index in [2.05, 4.69) is 41.3 Å². The van der Waals surface area contributed by atoms with Crippen LogP contribution in [0.15, 0.2) is 66.7 Å². The van der Waals surface area contributed by atoms with Crippen LogP contribution in [0.25, 0.3) is 11.1 Å². The number of halogens is 1. The highest BCUT2D eigenvalue weighted by Crippen LogP contribution is 2.57. The first-order chi connectivity index (χ1) is 19.0. The molecule has 0 aromatic heterocycles. The number of rotatable bonds is 8. The maximum atomic E-state index is 13.6. The van der Waals surface area contributed by atoms with Gasteiger partial charge in [-0.05, 0) is 109 Å². The third kappa shape index (κ3) is 5.37. The predicted octanol–water partition coefficient (Wildman–Crippen LogP) is 7.27. The fourth-order valence-corrected chi connectivity index (χ4v) is 6.91. The van der Waals surface area contributed by atoms with Gasteiger partial charge in [0, 0.05) is 29.0 Å². The molecule has 39 heavy (non-hydrogen) atoms. The summed E-state index contributed by atoms with van der Waals surface area (Å²) in [7, 11) is 1.71. The highest BCUT2D eigenvalue weighted by Gasteiger charge is 2.47. The lowest BCUT2D eigenvalue weighted by molar-refractivity contribution is -0.114. The summed E-state index contributed by atoms with van der Waals surface area (Å²) in [5, 5.41) is 0.740. The molecule has 202 valence electrons. The van der Waals surface area contributed by atoms with E-state index in [1.165, 1.54) is 54.6 Å². The van der Waals surface area contributed by atoms with E-state index in [1.807, 2.05) is 30.3 Å². The molecule has 1 aliphatic heterocycles. The molecule has 0 N–H and O–H groups in total. The van der Waals surface area contributed by atoms with Crippen LogP contribution in [0.5, 0.6) is 11.5 Å². The van der Waals surface area contributed by atoms with Crippen molar-refractivity contribution in [2.75, 3.05) is 33.4 Å². The van der Waals surface area contributed by atoms with Gasteiger partial charge < -0.3 is 9.47 Å². The summed E-state index contributed by atoms with van der Waals surface area (Å²) in [5.41, 5.74) is 6.54. The summed E-state index contributed by atoms with van der Waals surface area (Å²) in [6.07, 6.45) is 7.06. The normalized spacial score (nSPS) is 21.0. The average Bonchev–Trinajstić information content (AvgIpc) is 3.28. The van der Waals surface area contributed by atoms with Crippen LogP contribution in [-0.2, 0) is 17.6 Å². The zero-order valence-corrected chi connectivity index (χ0v) is 23.4. The molecule has 1 fully saturated rings. The number of hydrogen-bond acceptors (Lipinski definition) is 4. The van der Waals surface area contributed by atoms with Gasteiger partial charge in [0.1, 0.15) is 18.1 Å². The Hall–Kier alpha value is -3.08. The Kier molecular flexibility index (Phi) is 7.51. The van der Waals surface area contributed by atoms with Crippen LogP contribution in [0, 0.1) is 5.41 Å². The molecule has 0 amide bonds. The fourth-order valence-electron chi connectivity index (χ4n) is 6.79. The standard InChI is InChI=1S/C34H36ClNO3/c1-38-29-13-14-30-26(21-29)23-34(22-24-5-9-27(35)10-6-24)16-15-31(37)32(33(30)34)25-7-11-28(12-8-25)39-20-19-36-17-3-2-4-18-36/h5-14,21H,2-4,15-20,22-23H2,1H3. The van der Waals surface area contributed by atoms with Crippen LogP contribution in [0.4, 0.5) is 0 Å². The number of fused-ring (bicyclic) bond motifs is 3. The Balaban J connectivity index is 1.33. The number of ether oxygens (including phenoxy) is 2. The van der Waals surface area contributed by atoms with Crippen molar-refractivity contribution in [3.05, 3.63) is 94.0 Å². The van der Waals surface area contributed by atoms with Gasteiger partial charge in [-0.3, -0.25) is 9.69 Å². The average molecular weight is 542 g/mol. The third-order valence-electron chi connectivity index (χ3n) is 8.72. The molecule has 1 atom stereocenters. The number of piperidine rings is 1. The van der Waals surface area contributed by atoms with Crippen molar-refractivity contribution >= 4 is 28.5 Å². The molecule has 1 unspecified atom stereocenters. The molecule has 3 aromatic carbocycles. The minimum absolute atomic E-state index is 0.143. The van der Waals surface area contributed by atoms with Gasteiger partial charge in [0.2, 0.25) is 0 Å². The molecule has 0 saturated carbocycles. The summed E-state index contributed by atoms with van der Waals surface area (Å²) < 4.78 is 11.6. The van der Waals surface area contributed by atoms with E-state index in [0.717, 1.165) is 53.5 Å². The number of nitrogens with zero attached hydrogens (tertiary/aromatic N) is 1. The molecule has 0 radical (unpaired) electrons. The zero-order chi connectivity index (χ0) is 26.8. The molecule has 1 saturated heterocycles. The Labute approximate surface area is 236 Å². The monoisotopic (exact) mass is 541 g/mol. The van der Waals surface area contributed by atoms with Gasteiger partial charge in [-0.15, -0.1) is 0 Å². The molecule has 4 nitrogen and oxygen atoms in total. The summed E-state index contributed by atoms with van der Waals surface area (Å²) in [5.74, 6) is 1.93. The first kappa shape index (κ1) is 26.2. The lowest BCUT2D eigenvalue weighted by Crippen LogP contribution is -2.33. The van der Waals surface area contributed by atoms with Crippen molar-refractivity contribution in [1.29, 1.82) is 0 Å². The Morgan fingerprint density at radius 1 is 0.923 bits per heavy atom. The van der Waals surface area contributed by atoms with Crippen molar-refractivity contribution < 1.29 is 14.3 Å². The van der Waals surface area contributed by atoms with Crippen LogP contribution >= 0.6 is 11.6 Å². The van der Waals surface area contributed by atoms with E-state index < -0.39 is 0 Å². The number of ketones is 1. The molecule has 1 heterocycles. The minimum atomic E-state index is -0.143. The van der Waals surface area contributed by atoms with E-state index in [0.29, 0.717) is 13.0 Å². The van der Waals surface area contributed by atoms with Gasteiger partial charge >= 0.3 is 0 Å². The first-order valence-electron chi connectivity index (χ1n) is 14.2. The number of Topliss-reactive ketones (excluding diaryl/α,β-unsaturated/α-hetero) is 1. The van der Waals surface area contributed by atoms with E-state index in [1.54, 1.807) is 7.11 Å². The summed E-state index contributed by atoms with van der Waals surface area (Å²) in [6.45, 7) is 3.99. The summed E-state index contributed by atoms with van der Waals surface area (Å²) in [4.78, 5) is 16.1. The van der Waals surface area contributed by atoms with Crippen LogP contribution in [0.2, 0.25) is 5.02 Å². The van der Waals surface area contributed by atoms with Crippen molar-refractivity contribution in [1.82, 2.24) is 4.90 Å². The van der Waals surface area contributed by atoms with Gasteiger partial charge in [0.15, 0.2) is 5.78 Å². The SMILES string of the molecule is COc1ccc2c(c1)CC1(Cc3ccc(Cl)cc3)CCC(=O)C(c3ccc(OCCN4CCCCC4)cc3)=C21. The maximum Gasteiger partial charge on any atom is 0.163 e. The highest BCUT2D eigenvalue weighted by molar-refractivity contribution is 6.31. The molecule has 3 aromatic rings. The van der Waals surface area contributed by atoms with E-state index in [9.17, 15) is 4.79 Å². The molecule has 0 spiro atoms. The van der Waals surface area contributed by atoms with Gasteiger partial charge in [-0.25, -0.2) is 0 Å². The number of likely N-dealkylation sites (tertiary alicyclic amines) is 1. The largest absolute Gasteiger partial charge is 0.497 e. The lowest BCUT2D eigenvalue weighted by Gasteiger charge is -2.37. The topological polar surface area (TPSA) is 38.8 Å². The molecule has 6 rings (SSSR count). The van der Waals surface area contributed by atoms with Gasteiger partial charge in [0.05, 0.1) is 7.11 Å². The van der Waals surface area contributed by atoms with E-state index >= 15 is 0 Å². The van der Waals surface area contributed by atoms with Crippen molar-refractivity contribution in [2.45, 2.75) is 44.9 Å². The Bertz CT molecular complexity index is 1370. The fraction of sp³-hybridized carbons (Fsp3) is 0.382. The molecule has 3 aliphatic rings. The van der Waals surface area contributed by atoms with Crippen molar-refractivity contribution in [3.63, 3.8) is 0 Å². The van der Waals surface area contributed by atoms with Crippen LogP contribution < -0.4 is 9.47 Å². The van der Waals surface area contributed by atoms with Crippen LogP contribution in [0.1, 0.15) is 54.4 Å². The number of carbonyl (C=O) groups is 1. The van der Waals surface area contributed by atoms with E-state index in [-0.39, 0.29) is 11.2 Å². The molecular weight excluding hydrogens is 506 g/mol. The van der Waals surface area contributed by atoms with Gasteiger partial charge in [-0.1, -0.05) is 48.4 Å². The maximum absolute atomic E-state index is 13.6. The second kappa shape index (κ2) is 11.2. The molecule has 0 bridgehead atoms. The Morgan fingerprint density at radius 2 is 1.67 bits per heavy atom. The first-order valence-corrected chi connectivity index (χ1v) is 14.6. The van der Waals surface area contributed by atoms with Crippen molar-refractivity contribution in [2.24, 2.45) is 5.41 Å². The number of allylic oxidation sites excluding steroid dienone is 2. The van der Waals surface area contributed by atoms with Crippen LogP contribution in [0.3, 0.4) is 0 Å². The number of methoxy groups -OCH3 is 1. The van der Waals surface area contributed by atoms with Gasteiger partial charge in [0.25, 0.3) is 0 Å². The minimum Gasteiger partial charge on any atom is -0.497 e. The Morgan fingerprint density at radius 3 is 2.41 bits per heavy atom. The predicted molar refractivity (Wildman–Crippen MR) is 158 cm³/mol. The molecular formula is C34H36ClNO3. The number of carbonyl (C=O) groups excluding carboxylic acids is 1. The van der Waals surface area contributed by atoms with Crippen LogP contribution in [-0.4, -0.2) is 44.0 Å². The third-order valence-corrected chi connectivity index (χ3v) is 8.98. The smallest absolute Gasteiger partial charge is 0.163 e. The molecule has 5 heteroatoms. The number of benzene rings is 3. The highest BCUT2D eigenvalue weighted by atomic mass is 35.5. The zero-order valence-electron chi connectivity index (χ0n) is 22.7. The lowest BCUT2D eigenvalue weighted by atomic mass is 9.65. The van der Waals surface area contributed by atoms with Gasteiger partial charge in [-0.2, -0.15) is 0 Å². The summed E-state index contributed by atoms with van der Waals surface area (Å²) >= 11 is 6.20.